The zero-order valence-electron chi connectivity index (χ0n) is 15.8. The maximum atomic E-state index is 14.4. The van der Waals surface area contributed by atoms with E-state index in [2.05, 4.69) is 5.10 Å². The van der Waals surface area contributed by atoms with Crippen LogP contribution in [0.5, 0.6) is 0 Å². The number of amides is 1. The number of aryl methyl sites for hydroxylation is 1. The predicted octanol–water partition coefficient (Wildman–Crippen LogP) is 2.12. The summed E-state index contributed by atoms with van der Waals surface area (Å²) in [5.41, 5.74) is 3.03. The van der Waals surface area contributed by atoms with E-state index in [1.165, 1.54) is 22.8 Å². The van der Waals surface area contributed by atoms with Gasteiger partial charge in [-0.2, -0.15) is 5.10 Å². The van der Waals surface area contributed by atoms with Crippen LogP contribution in [0.2, 0.25) is 0 Å². The molecule has 1 aliphatic carbocycles. The quantitative estimate of drug-likeness (QED) is 0.869. The molecule has 1 aliphatic heterocycles. The van der Waals surface area contributed by atoms with E-state index in [1.807, 2.05) is 6.92 Å². The lowest BCUT2D eigenvalue weighted by Gasteiger charge is -2.20. The van der Waals surface area contributed by atoms with Crippen LogP contribution in [0.15, 0.2) is 18.2 Å². The molecule has 8 heteroatoms. The number of benzene rings is 1. The van der Waals surface area contributed by atoms with Gasteiger partial charge in [-0.15, -0.1) is 0 Å². The Morgan fingerprint density at radius 1 is 1.32 bits per heavy atom. The van der Waals surface area contributed by atoms with Gasteiger partial charge in [-0.1, -0.05) is 6.07 Å². The molecule has 1 amide bonds. The minimum atomic E-state index is -1.06. The van der Waals surface area contributed by atoms with Gasteiger partial charge in [0.15, 0.2) is 5.69 Å². The third kappa shape index (κ3) is 2.97. The van der Waals surface area contributed by atoms with E-state index in [1.54, 1.807) is 12.1 Å². The van der Waals surface area contributed by atoms with Gasteiger partial charge < -0.3 is 14.7 Å². The third-order valence-electron chi connectivity index (χ3n) is 5.60. The zero-order valence-corrected chi connectivity index (χ0v) is 15.8. The van der Waals surface area contributed by atoms with Gasteiger partial charge in [0.2, 0.25) is 0 Å². The van der Waals surface area contributed by atoms with E-state index in [-0.39, 0.29) is 24.8 Å². The summed E-state index contributed by atoms with van der Waals surface area (Å²) in [5.74, 6) is -1.91. The van der Waals surface area contributed by atoms with Crippen molar-refractivity contribution in [2.45, 2.75) is 44.8 Å². The molecule has 1 fully saturated rings. The van der Waals surface area contributed by atoms with Crippen molar-refractivity contribution in [1.82, 2.24) is 14.7 Å². The number of ether oxygens (including phenoxy) is 1. The Kier molecular flexibility index (Phi) is 4.66. The minimum Gasteiger partial charge on any atom is -0.480 e. The van der Waals surface area contributed by atoms with E-state index in [9.17, 15) is 19.1 Å². The molecule has 2 aromatic rings. The number of halogens is 1. The van der Waals surface area contributed by atoms with Crippen LogP contribution in [0.4, 0.5) is 4.39 Å². The number of aromatic nitrogens is 2. The average Bonchev–Trinajstić information content (AvgIpc) is 3.37. The molecule has 0 saturated carbocycles. The molecule has 4 rings (SSSR count). The van der Waals surface area contributed by atoms with E-state index in [0.29, 0.717) is 18.5 Å². The molecule has 2 heterocycles. The fraction of sp³-hybridized carbons (Fsp3) is 0.450. The van der Waals surface area contributed by atoms with Crippen LogP contribution in [-0.4, -0.2) is 57.5 Å². The molecule has 1 aromatic heterocycles. The highest BCUT2D eigenvalue weighted by Crippen LogP contribution is 2.31. The third-order valence-corrected chi connectivity index (χ3v) is 5.60. The van der Waals surface area contributed by atoms with E-state index < -0.39 is 23.7 Å². The maximum Gasteiger partial charge on any atom is 0.326 e. The molecule has 148 valence electrons. The second kappa shape index (κ2) is 7.01. The van der Waals surface area contributed by atoms with Crippen molar-refractivity contribution in [1.29, 1.82) is 0 Å². The number of carboxylic acids is 1. The summed E-state index contributed by atoms with van der Waals surface area (Å²) in [4.78, 5) is 26.2. The van der Waals surface area contributed by atoms with Crippen LogP contribution in [0.3, 0.4) is 0 Å². The van der Waals surface area contributed by atoms with Crippen molar-refractivity contribution < 1.29 is 23.8 Å². The first-order valence-electron chi connectivity index (χ1n) is 9.34. The van der Waals surface area contributed by atoms with Crippen LogP contribution in [0, 0.1) is 12.7 Å². The fourth-order valence-corrected chi connectivity index (χ4v) is 4.16. The molecule has 1 N–H and O–H groups in total. The van der Waals surface area contributed by atoms with Crippen LogP contribution < -0.4 is 0 Å². The number of nitrogens with zero attached hydrogens (tertiary/aromatic N) is 3. The summed E-state index contributed by atoms with van der Waals surface area (Å²) in [5, 5.41) is 14.0. The van der Waals surface area contributed by atoms with Crippen molar-refractivity contribution in [2.75, 3.05) is 13.7 Å². The van der Waals surface area contributed by atoms with Crippen molar-refractivity contribution in [3.63, 3.8) is 0 Å². The normalized spacial score (nSPS) is 21.2. The summed E-state index contributed by atoms with van der Waals surface area (Å²) >= 11 is 0. The number of carboxylic acid groups (broad SMARTS) is 1. The Labute approximate surface area is 161 Å². The first-order chi connectivity index (χ1) is 13.4. The van der Waals surface area contributed by atoms with Crippen molar-refractivity contribution >= 4 is 11.9 Å². The zero-order chi connectivity index (χ0) is 20.0. The number of rotatable bonds is 4. The number of carbonyl (C=O) groups excluding carboxylic acids is 1. The molecule has 0 spiro atoms. The highest BCUT2D eigenvalue weighted by molar-refractivity contribution is 5.97. The second-order valence-electron chi connectivity index (χ2n) is 7.40. The molecular weight excluding hydrogens is 365 g/mol. The Morgan fingerprint density at radius 3 is 2.82 bits per heavy atom. The molecule has 7 nitrogen and oxygen atoms in total. The minimum absolute atomic E-state index is 0.201. The van der Waals surface area contributed by atoms with Gasteiger partial charge in [0.05, 0.1) is 6.10 Å². The van der Waals surface area contributed by atoms with Crippen LogP contribution >= 0.6 is 0 Å². The topological polar surface area (TPSA) is 84.7 Å². The van der Waals surface area contributed by atoms with Gasteiger partial charge in [-0.25, -0.2) is 13.9 Å². The van der Waals surface area contributed by atoms with Crippen LogP contribution in [-0.2, 0) is 22.4 Å². The second-order valence-corrected chi connectivity index (χ2v) is 7.40. The van der Waals surface area contributed by atoms with Gasteiger partial charge >= 0.3 is 5.97 Å². The Bertz CT molecular complexity index is 955. The van der Waals surface area contributed by atoms with E-state index in [0.717, 1.165) is 23.2 Å². The number of carbonyl (C=O) groups is 2. The van der Waals surface area contributed by atoms with Gasteiger partial charge in [0.1, 0.15) is 17.5 Å². The molecule has 2 unspecified atom stereocenters. The molecule has 28 heavy (non-hydrogen) atoms. The molecule has 0 bridgehead atoms. The number of likely N-dealkylation sites (tertiary alicyclic amines) is 1. The molecule has 0 radical (unpaired) electrons. The van der Waals surface area contributed by atoms with E-state index in [4.69, 9.17) is 4.74 Å². The van der Waals surface area contributed by atoms with Gasteiger partial charge in [-0.3, -0.25) is 4.79 Å². The number of methoxy groups -OCH3 is 1. The largest absolute Gasteiger partial charge is 0.480 e. The van der Waals surface area contributed by atoms with Gasteiger partial charge in [-0.05, 0) is 43.9 Å². The lowest BCUT2D eigenvalue weighted by molar-refractivity contribution is -0.141. The van der Waals surface area contributed by atoms with Crippen LogP contribution in [0.25, 0.3) is 5.69 Å². The van der Waals surface area contributed by atoms with Gasteiger partial charge in [0.25, 0.3) is 5.91 Å². The number of aliphatic carboxylic acids is 1. The summed E-state index contributed by atoms with van der Waals surface area (Å²) in [6.07, 6.45) is 2.14. The highest BCUT2D eigenvalue weighted by atomic mass is 19.1. The van der Waals surface area contributed by atoms with Crippen molar-refractivity contribution in [3.05, 3.63) is 46.5 Å². The molecular formula is C20H22FN3O4. The lowest BCUT2D eigenvalue weighted by atomic mass is 10.1. The number of fused-ring (bicyclic) bond motifs is 1. The van der Waals surface area contributed by atoms with Gasteiger partial charge in [0, 0.05) is 31.3 Å². The Balaban J connectivity index is 1.76. The summed E-state index contributed by atoms with van der Waals surface area (Å²) in [6, 6.07) is 3.82. The van der Waals surface area contributed by atoms with Crippen molar-refractivity contribution in [2.24, 2.45) is 0 Å². The fourth-order valence-electron chi connectivity index (χ4n) is 4.16. The average molecular weight is 387 g/mol. The number of hydrogen-bond donors (Lipinski definition) is 1. The molecule has 1 saturated heterocycles. The SMILES string of the molecule is COC1CC(C(=O)O)N(C(=O)c2nn(-c3cc(C)ccc3F)c3c2CCC3)C1. The van der Waals surface area contributed by atoms with E-state index >= 15 is 0 Å². The van der Waals surface area contributed by atoms with Crippen LogP contribution in [0.1, 0.15) is 40.2 Å². The standard InChI is InChI=1S/C20H22FN3O4/c1-11-6-7-14(21)16(8-11)24-15-5-3-4-13(15)18(22-24)19(25)23-10-12(28-2)9-17(23)20(26)27/h6-8,12,17H,3-5,9-10H2,1-2H3,(H,26,27). The molecule has 2 atom stereocenters. The molecule has 2 aliphatic rings. The smallest absolute Gasteiger partial charge is 0.326 e. The summed E-state index contributed by atoms with van der Waals surface area (Å²) < 4.78 is 21.2. The summed E-state index contributed by atoms with van der Waals surface area (Å²) in [6.45, 7) is 2.07. The first-order valence-corrected chi connectivity index (χ1v) is 9.34. The monoisotopic (exact) mass is 387 g/mol. The van der Waals surface area contributed by atoms with Crippen molar-refractivity contribution in [3.8, 4) is 5.69 Å². The highest BCUT2D eigenvalue weighted by Gasteiger charge is 2.42. The number of hydrogen-bond acceptors (Lipinski definition) is 4. The maximum absolute atomic E-state index is 14.4. The Morgan fingerprint density at radius 2 is 2.11 bits per heavy atom. The summed E-state index contributed by atoms with van der Waals surface area (Å²) in [7, 11) is 1.50. The predicted molar refractivity (Wildman–Crippen MR) is 98.2 cm³/mol. The lowest BCUT2D eigenvalue weighted by Crippen LogP contribution is -2.41. The Hall–Kier alpha value is -2.74. The first kappa shape index (κ1) is 18.6. The molecule has 1 aromatic carbocycles.